The Kier molecular flexibility index (Phi) is 37.4. The second-order valence-corrected chi connectivity index (χ2v) is 19.3. The maximum absolute atomic E-state index is 12.9. The predicted molar refractivity (Wildman–Crippen MR) is 247 cm³/mol. The minimum Gasteiger partial charge on any atom is -0.462 e. The van der Waals surface area contributed by atoms with Gasteiger partial charge >= 0.3 is 11.9 Å². The van der Waals surface area contributed by atoms with Gasteiger partial charge in [-0.2, -0.15) is 8.42 Å². The van der Waals surface area contributed by atoms with Crippen LogP contribution in [0.4, 0.5) is 0 Å². The Morgan fingerprint density at radius 3 is 1.35 bits per heavy atom. The standard InChI is InChI=1S/C49H92O12S/c1-3-5-7-9-11-13-15-17-19-21-23-25-27-29-31-33-35-37-44(50)58-39-42(40-59-49-48(54)47(53)46(52)43(61-49)41-62(55,56)57)60-45(51)38-36-34-32-30-28-26-24-22-20-18-16-14-12-10-8-6-4-2/h13,15,42-43,46-49,52-54H,3-12,14,16-41H2,1-2H3,(H,55,56,57)/b15-13+/t42-,43-,46-,47?,48?,49+/m1/s1. The molecule has 0 saturated carbocycles. The molecule has 1 saturated heterocycles. The summed E-state index contributed by atoms with van der Waals surface area (Å²) in [5, 5.41) is 30.9. The van der Waals surface area contributed by atoms with E-state index in [1.807, 2.05) is 0 Å². The highest BCUT2D eigenvalue weighted by Crippen LogP contribution is 2.24. The fourth-order valence-corrected chi connectivity index (χ4v) is 8.60. The second-order valence-electron chi connectivity index (χ2n) is 17.8. The normalized spacial score (nSPS) is 19.9. The van der Waals surface area contributed by atoms with Gasteiger partial charge in [-0.25, -0.2) is 0 Å². The zero-order valence-corrected chi connectivity index (χ0v) is 40.1. The van der Waals surface area contributed by atoms with E-state index in [-0.39, 0.29) is 19.4 Å². The van der Waals surface area contributed by atoms with Crippen LogP contribution >= 0.6 is 0 Å². The lowest BCUT2D eigenvalue weighted by atomic mass is 10.00. The van der Waals surface area contributed by atoms with E-state index in [0.717, 1.165) is 38.5 Å². The van der Waals surface area contributed by atoms with E-state index in [4.69, 9.17) is 18.9 Å². The van der Waals surface area contributed by atoms with Crippen LogP contribution in [0, 0.1) is 0 Å². The first-order valence-corrected chi connectivity index (χ1v) is 26.9. The summed E-state index contributed by atoms with van der Waals surface area (Å²) in [5.74, 6) is -1.97. The molecule has 1 fully saturated rings. The van der Waals surface area contributed by atoms with Crippen LogP contribution in [0.5, 0.6) is 0 Å². The van der Waals surface area contributed by atoms with Crippen molar-refractivity contribution in [3.63, 3.8) is 0 Å². The first kappa shape index (κ1) is 58.4. The van der Waals surface area contributed by atoms with Crippen molar-refractivity contribution in [2.75, 3.05) is 19.0 Å². The number of hydrogen-bond donors (Lipinski definition) is 4. The van der Waals surface area contributed by atoms with E-state index < -0.39 is 71.2 Å². The van der Waals surface area contributed by atoms with Gasteiger partial charge in [0.25, 0.3) is 10.1 Å². The number of rotatable bonds is 43. The third-order valence-electron chi connectivity index (χ3n) is 11.8. The molecule has 4 N–H and O–H groups in total. The van der Waals surface area contributed by atoms with Crippen LogP contribution in [-0.2, 0) is 38.7 Å². The smallest absolute Gasteiger partial charge is 0.306 e. The first-order chi connectivity index (χ1) is 30.0. The number of allylic oxidation sites excluding steroid dienone is 2. The minimum atomic E-state index is -4.60. The Hall–Kier alpha value is -1.61. The largest absolute Gasteiger partial charge is 0.462 e. The molecule has 2 unspecified atom stereocenters. The number of carbonyl (C=O) groups excluding carboxylic acids is 2. The summed E-state index contributed by atoms with van der Waals surface area (Å²) < 4.78 is 54.2. The lowest BCUT2D eigenvalue weighted by molar-refractivity contribution is -0.297. The quantitative estimate of drug-likeness (QED) is 0.0197. The van der Waals surface area contributed by atoms with Crippen LogP contribution in [0.3, 0.4) is 0 Å². The molecule has 0 aromatic rings. The fourth-order valence-electron chi connectivity index (χ4n) is 7.91. The van der Waals surface area contributed by atoms with Crippen molar-refractivity contribution in [1.29, 1.82) is 0 Å². The molecule has 0 aromatic carbocycles. The molecule has 0 radical (unpaired) electrons. The predicted octanol–water partition coefficient (Wildman–Crippen LogP) is 11.0. The third kappa shape index (κ3) is 33.8. The van der Waals surface area contributed by atoms with Crippen LogP contribution in [0.25, 0.3) is 0 Å². The molecule has 1 heterocycles. The van der Waals surface area contributed by atoms with Gasteiger partial charge in [-0.1, -0.05) is 193 Å². The SMILES string of the molecule is CCCCCC/C=C/CCCCCCCCCCCC(=O)OC[C@H](CO[C@H]1O[C@H](CS(=O)(=O)O)[C@@H](O)C(O)C1O)OC(=O)CCCCCCCCCCCCCCCCCCC. The second kappa shape index (κ2) is 39.7. The number of carbonyl (C=O) groups is 2. The Morgan fingerprint density at radius 1 is 0.532 bits per heavy atom. The molecule has 366 valence electrons. The van der Waals surface area contributed by atoms with E-state index in [9.17, 15) is 37.9 Å². The summed E-state index contributed by atoms with van der Waals surface area (Å²) in [5.41, 5.74) is 0. The van der Waals surface area contributed by atoms with Crippen LogP contribution in [0.15, 0.2) is 12.2 Å². The van der Waals surface area contributed by atoms with Gasteiger partial charge in [0.1, 0.15) is 36.8 Å². The van der Waals surface area contributed by atoms with E-state index in [0.29, 0.717) is 12.8 Å². The lowest BCUT2D eigenvalue weighted by Gasteiger charge is -2.40. The molecule has 0 amide bonds. The molecule has 1 rings (SSSR count). The van der Waals surface area contributed by atoms with Crippen molar-refractivity contribution in [2.24, 2.45) is 0 Å². The molecule has 0 bridgehead atoms. The van der Waals surface area contributed by atoms with E-state index >= 15 is 0 Å². The number of aliphatic hydroxyl groups excluding tert-OH is 3. The number of unbranched alkanes of at least 4 members (excludes halogenated alkanes) is 29. The fraction of sp³-hybridized carbons (Fsp3) is 0.918. The average molecular weight is 905 g/mol. The maximum Gasteiger partial charge on any atom is 0.306 e. The van der Waals surface area contributed by atoms with Gasteiger partial charge in [0.05, 0.1) is 6.61 Å². The van der Waals surface area contributed by atoms with Crippen LogP contribution in [0.2, 0.25) is 0 Å². The number of aliphatic hydroxyl groups is 3. The highest BCUT2D eigenvalue weighted by molar-refractivity contribution is 7.85. The minimum absolute atomic E-state index is 0.170. The van der Waals surface area contributed by atoms with E-state index in [1.165, 1.54) is 154 Å². The molecule has 1 aliphatic heterocycles. The van der Waals surface area contributed by atoms with Gasteiger partial charge in [-0.15, -0.1) is 0 Å². The van der Waals surface area contributed by atoms with Crippen molar-refractivity contribution in [3.05, 3.63) is 12.2 Å². The van der Waals surface area contributed by atoms with Crippen molar-refractivity contribution in [2.45, 2.75) is 269 Å². The molecule has 0 spiro atoms. The number of hydrogen-bond acceptors (Lipinski definition) is 11. The van der Waals surface area contributed by atoms with Crippen molar-refractivity contribution >= 4 is 22.1 Å². The Bertz CT molecular complexity index is 1200. The zero-order chi connectivity index (χ0) is 45.5. The van der Waals surface area contributed by atoms with Crippen molar-refractivity contribution in [1.82, 2.24) is 0 Å². The van der Waals surface area contributed by atoms with Gasteiger partial charge in [-0.05, 0) is 38.5 Å². The van der Waals surface area contributed by atoms with Gasteiger partial charge in [0, 0.05) is 12.8 Å². The summed E-state index contributed by atoms with van der Waals surface area (Å²) in [6.07, 6.45) is 33.9. The van der Waals surface area contributed by atoms with Crippen LogP contribution in [-0.4, -0.2) is 96.0 Å². The molecular weight excluding hydrogens is 813 g/mol. The van der Waals surface area contributed by atoms with Gasteiger partial charge in [-0.3, -0.25) is 14.1 Å². The summed E-state index contributed by atoms with van der Waals surface area (Å²) in [6.45, 7) is 3.78. The van der Waals surface area contributed by atoms with Crippen LogP contribution < -0.4 is 0 Å². The molecule has 13 heteroatoms. The number of esters is 2. The monoisotopic (exact) mass is 905 g/mol. The van der Waals surface area contributed by atoms with Gasteiger partial charge < -0.3 is 34.3 Å². The molecule has 12 nitrogen and oxygen atoms in total. The average Bonchev–Trinajstić information content (AvgIpc) is 3.24. The third-order valence-corrected chi connectivity index (χ3v) is 12.6. The Balaban J connectivity index is 2.38. The van der Waals surface area contributed by atoms with Crippen LogP contribution in [0.1, 0.15) is 232 Å². The zero-order valence-electron chi connectivity index (χ0n) is 39.2. The summed E-state index contributed by atoms with van der Waals surface area (Å²) in [4.78, 5) is 25.5. The maximum atomic E-state index is 12.9. The summed E-state index contributed by atoms with van der Waals surface area (Å²) in [7, 11) is -4.60. The van der Waals surface area contributed by atoms with Crippen molar-refractivity contribution in [3.8, 4) is 0 Å². The Morgan fingerprint density at radius 2 is 0.919 bits per heavy atom. The highest BCUT2D eigenvalue weighted by atomic mass is 32.2. The number of ether oxygens (including phenoxy) is 4. The summed E-state index contributed by atoms with van der Waals surface area (Å²) >= 11 is 0. The van der Waals surface area contributed by atoms with E-state index in [2.05, 4.69) is 26.0 Å². The lowest BCUT2D eigenvalue weighted by Crippen LogP contribution is -2.60. The Labute approximate surface area is 377 Å². The van der Waals surface area contributed by atoms with Gasteiger partial charge in [0.2, 0.25) is 0 Å². The summed E-state index contributed by atoms with van der Waals surface area (Å²) in [6, 6.07) is 0. The highest BCUT2D eigenvalue weighted by Gasteiger charge is 2.46. The molecule has 6 atom stereocenters. The van der Waals surface area contributed by atoms with Crippen molar-refractivity contribution < 1.29 is 56.8 Å². The molecular formula is C49H92O12S. The topological polar surface area (TPSA) is 186 Å². The molecule has 0 aromatic heterocycles. The first-order valence-electron chi connectivity index (χ1n) is 25.2. The van der Waals surface area contributed by atoms with E-state index in [1.54, 1.807) is 0 Å². The molecule has 1 aliphatic rings. The van der Waals surface area contributed by atoms with Gasteiger partial charge in [0.15, 0.2) is 12.4 Å². The molecule has 0 aliphatic carbocycles. The molecule has 62 heavy (non-hydrogen) atoms.